The molecule has 6 atom stereocenters. The number of hydrogen-bond donors (Lipinski definition) is 9. The number of carbonyl (C=O) groups excluding carboxylic acids is 11. The van der Waals surface area contributed by atoms with Crippen molar-refractivity contribution in [2.45, 2.75) is 159 Å². The Bertz CT molecular complexity index is 3370. The Morgan fingerprint density at radius 3 is 1.25 bits per heavy atom. The molecule has 7 rings (SSSR count). The van der Waals surface area contributed by atoms with Crippen LogP contribution in [0.25, 0.3) is 21.5 Å². The topological polar surface area (TPSA) is 331 Å². The summed E-state index contributed by atoms with van der Waals surface area (Å²) in [7, 11) is 10.8. The SMILES string of the molecule is [B]C(=O)N[C@H](C(=O)N[C@@H](Cc1cccc2ccccc12)C(=O)NC(CCC)C(=O)C(=O)NCC(=O)O)C1CCCCC1.[B]C(=O)N[C@H](C(=O)N[C@@H](Cc1cccc2ccccc12)C(=O)NC(CCC)C(=O)C(=O)NCC(=O)OCc1ccccc1)C1CCCCC1. The van der Waals surface area contributed by atoms with Crippen molar-refractivity contribution in [1.29, 1.82) is 0 Å². The van der Waals surface area contributed by atoms with E-state index in [1.807, 2.05) is 96.3 Å². The highest BCUT2D eigenvalue weighted by atomic mass is 16.5. The van der Waals surface area contributed by atoms with Crippen LogP contribution in [0.4, 0.5) is 9.59 Å². The standard InChI is InChI=1S/C37H43BN4O7.C30H37BN4O7/c1-2-12-29(33(44)36(47)39-22-31(43)49-23-24-13-5-3-6-14-24)40-34(45)30(21-27-19-11-18-25-15-9-10-20-28(25)27)41-35(46)32(42-37(38)48)26-16-7-4-8-17-26;1-2-9-22(26(38)29(41)32-17-24(36)37)33-27(39)23(16-20-14-8-13-18-10-6-7-15-21(18)20)34-28(40)25(35-30(31)42)19-11-4-3-5-12-19/h3,5-6,9-11,13-15,18-20,26,29-30,32H,2,4,7-8,12,16-17,21-23H2,1H3,(H,39,47)(H,40,45)(H,41,46)(H,42,48);6-8,10,13-15,19,22-23,25H,2-5,9,11-12,16-17H2,1H3,(H,32,41)(H,33,39)(H,34,40)(H,35,42)(H,36,37)/t29?,30-,32-;22?,23-,25-/m00/s1. The van der Waals surface area contributed by atoms with Crippen LogP contribution in [0.1, 0.15) is 120 Å². The number of amides is 8. The van der Waals surface area contributed by atoms with E-state index in [1.165, 1.54) is 0 Å². The number of carboxylic acid groups (broad SMARTS) is 1. The molecular formula is C67H80B2N8O14. The minimum Gasteiger partial charge on any atom is -0.480 e. The lowest BCUT2D eigenvalue weighted by molar-refractivity contribution is -0.146. The van der Waals surface area contributed by atoms with E-state index in [-0.39, 0.29) is 44.1 Å². The first-order valence-electron chi connectivity index (χ1n) is 31.1. The van der Waals surface area contributed by atoms with Crippen molar-refractivity contribution in [3.8, 4) is 0 Å². The van der Waals surface area contributed by atoms with Crippen molar-refractivity contribution < 1.29 is 67.4 Å². The molecule has 2 saturated carbocycles. The molecule has 0 spiro atoms. The van der Waals surface area contributed by atoms with E-state index >= 15 is 0 Å². The summed E-state index contributed by atoms with van der Waals surface area (Å²) in [4.78, 5) is 153. The number of ether oxygens (including phenoxy) is 1. The normalized spacial score (nSPS) is 15.2. The Hall–Kier alpha value is -9.21. The van der Waals surface area contributed by atoms with E-state index in [4.69, 9.17) is 25.5 Å². The summed E-state index contributed by atoms with van der Waals surface area (Å²) in [5, 5.41) is 32.8. The van der Waals surface area contributed by atoms with Crippen LogP contribution < -0.4 is 42.5 Å². The highest BCUT2D eigenvalue weighted by molar-refractivity contribution is 6.57. The highest BCUT2D eigenvalue weighted by Crippen LogP contribution is 2.29. The third-order valence-electron chi connectivity index (χ3n) is 16.2. The summed E-state index contributed by atoms with van der Waals surface area (Å²) in [6.45, 7) is 2.30. The first-order valence-corrected chi connectivity index (χ1v) is 31.1. The van der Waals surface area contributed by atoms with Crippen LogP contribution in [-0.4, -0.2) is 141 Å². The van der Waals surface area contributed by atoms with Crippen molar-refractivity contribution in [3.63, 3.8) is 0 Å². The van der Waals surface area contributed by atoms with Crippen molar-refractivity contribution in [3.05, 3.63) is 132 Å². The predicted octanol–water partition coefficient (Wildman–Crippen LogP) is 5.16. The van der Waals surface area contributed by atoms with Gasteiger partial charge in [-0.05, 0) is 88.6 Å². The fourth-order valence-corrected chi connectivity index (χ4v) is 11.6. The van der Waals surface area contributed by atoms with Gasteiger partial charge in [-0.25, -0.2) is 0 Å². The van der Waals surface area contributed by atoms with Gasteiger partial charge in [0.25, 0.3) is 11.8 Å². The van der Waals surface area contributed by atoms with Crippen LogP contribution in [0, 0.1) is 11.8 Å². The number of fused-ring (bicyclic) bond motifs is 2. The third kappa shape index (κ3) is 22.4. The van der Waals surface area contributed by atoms with E-state index in [1.54, 1.807) is 38.1 Å². The van der Waals surface area contributed by atoms with Crippen LogP contribution in [-0.2, 0) is 72.1 Å². The molecule has 22 nitrogen and oxygen atoms in total. The van der Waals surface area contributed by atoms with Crippen LogP contribution in [0.5, 0.6) is 0 Å². The van der Waals surface area contributed by atoms with Gasteiger partial charge >= 0.3 is 11.9 Å². The lowest BCUT2D eigenvalue weighted by Crippen LogP contribution is -2.58. The van der Waals surface area contributed by atoms with Crippen LogP contribution in [0.3, 0.4) is 0 Å². The zero-order valence-electron chi connectivity index (χ0n) is 51.4. The van der Waals surface area contributed by atoms with E-state index in [9.17, 15) is 57.5 Å². The van der Waals surface area contributed by atoms with Gasteiger partial charge in [0.05, 0.1) is 12.1 Å². The molecule has 478 valence electrons. The summed E-state index contributed by atoms with van der Waals surface area (Å²) in [5.41, 5.74) is 2.31. The Morgan fingerprint density at radius 1 is 0.462 bits per heavy atom. The fourth-order valence-electron chi connectivity index (χ4n) is 11.6. The zero-order chi connectivity index (χ0) is 65.8. The minimum atomic E-state index is -1.32. The second-order valence-electron chi connectivity index (χ2n) is 22.9. The number of Topliss-reactive ketones (excluding diaryl/α,β-unsaturated/α-hetero) is 2. The van der Waals surface area contributed by atoms with Crippen molar-refractivity contribution in [2.24, 2.45) is 11.8 Å². The summed E-state index contributed by atoms with van der Waals surface area (Å²) < 4.78 is 5.16. The summed E-state index contributed by atoms with van der Waals surface area (Å²) in [5.74, 6) is -10.6. The molecular weight excluding hydrogens is 1160 g/mol. The molecule has 4 radical (unpaired) electrons. The average molecular weight is 1240 g/mol. The Labute approximate surface area is 531 Å². The molecule has 24 heteroatoms. The second-order valence-corrected chi connectivity index (χ2v) is 22.9. The largest absolute Gasteiger partial charge is 0.480 e. The number of carboxylic acids is 1. The molecule has 2 aliphatic carbocycles. The van der Waals surface area contributed by atoms with Gasteiger partial charge < -0.3 is 52.4 Å². The number of benzene rings is 5. The number of rotatable bonds is 30. The summed E-state index contributed by atoms with van der Waals surface area (Å²) in [6.07, 6.45) is 9.84. The molecule has 9 N–H and O–H groups in total. The molecule has 5 aromatic rings. The molecule has 8 amide bonds. The maximum absolute atomic E-state index is 13.9. The number of ketones is 2. The molecule has 0 heterocycles. The van der Waals surface area contributed by atoms with E-state index in [0.717, 1.165) is 102 Å². The van der Waals surface area contributed by atoms with Crippen molar-refractivity contribution in [2.75, 3.05) is 13.1 Å². The second kappa shape index (κ2) is 36.4. The molecule has 2 unspecified atom stereocenters. The van der Waals surface area contributed by atoms with Gasteiger partial charge in [-0.3, -0.25) is 57.5 Å². The Morgan fingerprint density at radius 2 is 0.846 bits per heavy atom. The lowest BCUT2D eigenvalue weighted by atomic mass is 9.83. The van der Waals surface area contributed by atoms with Gasteiger partial charge in [0, 0.05) is 12.8 Å². The maximum Gasteiger partial charge on any atom is 0.325 e. The van der Waals surface area contributed by atoms with Gasteiger partial charge in [0.1, 0.15) is 43.9 Å². The van der Waals surface area contributed by atoms with Crippen LogP contribution in [0.15, 0.2) is 115 Å². The quantitative estimate of drug-likeness (QED) is 0.0163. The number of carbonyl (C=O) groups is 12. The van der Waals surface area contributed by atoms with E-state index in [0.29, 0.717) is 12.8 Å². The Balaban J connectivity index is 0.000000293. The van der Waals surface area contributed by atoms with Crippen LogP contribution in [0.2, 0.25) is 0 Å². The summed E-state index contributed by atoms with van der Waals surface area (Å²) >= 11 is 0. The van der Waals surface area contributed by atoms with E-state index < -0.39 is 120 Å². The first-order chi connectivity index (χ1) is 43.8. The predicted molar refractivity (Wildman–Crippen MR) is 342 cm³/mol. The fraction of sp³-hybridized carbons (Fsp3) is 0.433. The van der Waals surface area contributed by atoms with Gasteiger partial charge in [-0.2, -0.15) is 0 Å². The number of esters is 1. The van der Waals surface area contributed by atoms with Crippen molar-refractivity contribution in [1.82, 2.24) is 42.5 Å². The third-order valence-corrected chi connectivity index (χ3v) is 16.2. The minimum absolute atomic E-state index is 0.0123. The monoisotopic (exact) mass is 1240 g/mol. The van der Waals surface area contributed by atoms with Gasteiger partial charge in [0.2, 0.25) is 50.9 Å². The van der Waals surface area contributed by atoms with Gasteiger partial charge in [-0.15, -0.1) is 0 Å². The smallest absolute Gasteiger partial charge is 0.325 e. The molecule has 0 aliphatic heterocycles. The van der Waals surface area contributed by atoms with Gasteiger partial charge in [-0.1, -0.05) is 180 Å². The van der Waals surface area contributed by atoms with Crippen LogP contribution >= 0.6 is 0 Å². The average Bonchev–Trinajstić information content (AvgIpc) is 1.30. The molecule has 2 fully saturated rings. The number of aliphatic carboxylic acids is 1. The van der Waals surface area contributed by atoms with E-state index in [2.05, 4.69) is 37.2 Å². The Kier molecular flexibility index (Phi) is 28.4. The number of hydrogen-bond acceptors (Lipinski definition) is 13. The molecule has 0 saturated heterocycles. The first kappa shape index (κ1) is 70.9. The zero-order valence-corrected chi connectivity index (χ0v) is 51.4. The number of nitrogens with one attached hydrogen (secondary N) is 8. The van der Waals surface area contributed by atoms with Crippen molar-refractivity contribution >= 4 is 108 Å². The maximum atomic E-state index is 13.9. The molecule has 91 heavy (non-hydrogen) atoms. The van der Waals surface area contributed by atoms with Gasteiger partial charge in [0.15, 0.2) is 11.6 Å². The molecule has 5 aromatic carbocycles. The molecule has 2 aliphatic rings. The lowest BCUT2D eigenvalue weighted by Gasteiger charge is -2.31. The highest BCUT2D eigenvalue weighted by Gasteiger charge is 2.37. The summed E-state index contributed by atoms with van der Waals surface area (Å²) in [6, 6.07) is 28.8. The molecule has 0 bridgehead atoms. The molecule has 0 aromatic heterocycles.